The lowest BCUT2D eigenvalue weighted by Gasteiger charge is -2.22. The van der Waals surface area contributed by atoms with Crippen LogP contribution in [0.2, 0.25) is 0 Å². The van der Waals surface area contributed by atoms with E-state index in [0.29, 0.717) is 17.8 Å². The normalized spacial score (nSPS) is 20.0. The summed E-state index contributed by atoms with van der Waals surface area (Å²) in [6.45, 7) is 11.1. The molecule has 2 unspecified atom stereocenters. The zero-order valence-electron chi connectivity index (χ0n) is 14.1. The summed E-state index contributed by atoms with van der Waals surface area (Å²) in [6.07, 6.45) is 3.90. The fourth-order valence-electron chi connectivity index (χ4n) is 3.05. The van der Waals surface area contributed by atoms with E-state index in [4.69, 9.17) is 9.72 Å². The van der Waals surface area contributed by atoms with E-state index >= 15 is 0 Å². The highest BCUT2D eigenvalue weighted by atomic mass is 32.1. The summed E-state index contributed by atoms with van der Waals surface area (Å²) in [4.78, 5) is 6.47. The zero-order valence-corrected chi connectivity index (χ0v) is 14.9. The van der Waals surface area contributed by atoms with Crippen molar-refractivity contribution in [3.63, 3.8) is 0 Å². The van der Waals surface area contributed by atoms with Crippen LogP contribution < -0.4 is 5.32 Å². The van der Waals surface area contributed by atoms with Crippen molar-refractivity contribution in [3.8, 4) is 0 Å². The summed E-state index contributed by atoms with van der Waals surface area (Å²) in [7, 11) is 1.80. The molecule has 2 rings (SSSR count). The predicted molar refractivity (Wildman–Crippen MR) is 90.1 cm³/mol. The molecule has 1 aromatic rings. The van der Waals surface area contributed by atoms with E-state index in [-0.39, 0.29) is 6.10 Å². The van der Waals surface area contributed by atoms with Gasteiger partial charge in [0.15, 0.2) is 0 Å². The molecule has 3 nitrogen and oxygen atoms in total. The lowest BCUT2D eigenvalue weighted by molar-refractivity contribution is 0.0642. The van der Waals surface area contributed by atoms with Crippen molar-refractivity contribution >= 4 is 11.3 Å². The van der Waals surface area contributed by atoms with Crippen molar-refractivity contribution < 1.29 is 4.74 Å². The van der Waals surface area contributed by atoms with Crippen LogP contribution in [0.15, 0.2) is 0 Å². The fourth-order valence-corrected chi connectivity index (χ4v) is 4.50. The van der Waals surface area contributed by atoms with Gasteiger partial charge in [-0.05, 0) is 37.6 Å². The SMILES string of the molecule is COC(c1nc2c(s1)CCCC2CNCC(C)C)C(C)C. The Morgan fingerprint density at radius 1 is 1.33 bits per heavy atom. The first-order valence-corrected chi connectivity index (χ1v) is 9.07. The van der Waals surface area contributed by atoms with Crippen molar-refractivity contribution in [2.75, 3.05) is 20.2 Å². The van der Waals surface area contributed by atoms with Gasteiger partial charge in [0.05, 0.1) is 5.69 Å². The van der Waals surface area contributed by atoms with Crippen LogP contribution in [0.5, 0.6) is 0 Å². The van der Waals surface area contributed by atoms with Crippen molar-refractivity contribution in [1.82, 2.24) is 10.3 Å². The minimum atomic E-state index is 0.143. The smallest absolute Gasteiger partial charge is 0.122 e. The highest BCUT2D eigenvalue weighted by molar-refractivity contribution is 7.11. The number of aromatic nitrogens is 1. The number of hydrogen-bond acceptors (Lipinski definition) is 4. The first-order chi connectivity index (χ1) is 10.0. The third-order valence-corrected chi connectivity index (χ3v) is 5.33. The van der Waals surface area contributed by atoms with Crippen LogP contribution in [0.3, 0.4) is 0 Å². The molecule has 1 heterocycles. The van der Waals surface area contributed by atoms with Crippen LogP contribution in [-0.2, 0) is 11.2 Å². The van der Waals surface area contributed by atoms with E-state index < -0.39 is 0 Å². The molecule has 1 aliphatic rings. The Balaban J connectivity index is 2.09. The summed E-state index contributed by atoms with van der Waals surface area (Å²) in [5.74, 6) is 1.76. The van der Waals surface area contributed by atoms with Crippen LogP contribution >= 0.6 is 11.3 Å². The lowest BCUT2D eigenvalue weighted by atomic mass is 9.91. The molecule has 1 N–H and O–H groups in total. The summed E-state index contributed by atoms with van der Waals surface area (Å²) in [6, 6.07) is 0. The maximum atomic E-state index is 5.66. The van der Waals surface area contributed by atoms with Gasteiger partial charge in [0.2, 0.25) is 0 Å². The molecule has 4 heteroatoms. The Labute approximate surface area is 133 Å². The van der Waals surface area contributed by atoms with Crippen LogP contribution in [0.25, 0.3) is 0 Å². The highest BCUT2D eigenvalue weighted by Crippen LogP contribution is 2.38. The largest absolute Gasteiger partial charge is 0.374 e. The van der Waals surface area contributed by atoms with Gasteiger partial charge in [0.25, 0.3) is 0 Å². The van der Waals surface area contributed by atoms with Crippen LogP contribution in [0.4, 0.5) is 0 Å². The fraction of sp³-hybridized carbons (Fsp3) is 0.824. The predicted octanol–water partition coefficient (Wildman–Crippen LogP) is 4.15. The van der Waals surface area contributed by atoms with Crippen LogP contribution in [-0.4, -0.2) is 25.2 Å². The number of aryl methyl sites for hydroxylation is 1. The van der Waals surface area contributed by atoms with Gasteiger partial charge in [-0.3, -0.25) is 0 Å². The number of nitrogens with one attached hydrogen (secondary N) is 1. The van der Waals surface area contributed by atoms with Gasteiger partial charge in [-0.1, -0.05) is 27.7 Å². The standard InChI is InChI=1S/C17H30N2OS/c1-11(2)9-18-10-13-7-6-8-14-15(13)19-17(21-14)16(20-5)12(3)4/h11-13,16,18H,6-10H2,1-5H3. The Morgan fingerprint density at radius 3 is 2.71 bits per heavy atom. The van der Waals surface area contributed by atoms with Gasteiger partial charge < -0.3 is 10.1 Å². The van der Waals surface area contributed by atoms with Gasteiger partial charge >= 0.3 is 0 Å². The van der Waals surface area contributed by atoms with E-state index in [9.17, 15) is 0 Å². The average molecular weight is 311 g/mol. The number of thiazole rings is 1. The molecule has 2 atom stereocenters. The number of rotatable bonds is 7. The van der Waals surface area contributed by atoms with Crippen molar-refractivity contribution in [2.24, 2.45) is 11.8 Å². The summed E-state index contributed by atoms with van der Waals surface area (Å²) >= 11 is 1.88. The molecule has 0 aliphatic heterocycles. The zero-order chi connectivity index (χ0) is 15.4. The van der Waals surface area contributed by atoms with Crippen LogP contribution in [0, 0.1) is 11.8 Å². The minimum Gasteiger partial charge on any atom is -0.374 e. The molecule has 0 aromatic carbocycles. The molecule has 0 amide bonds. The quantitative estimate of drug-likeness (QED) is 0.821. The molecule has 21 heavy (non-hydrogen) atoms. The Morgan fingerprint density at radius 2 is 2.10 bits per heavy atom. The van der Waals surface area contributed by atoms with Gasteiger partial charge in [0, 0.05) is 24.4 Å². The molecular formula is C17H30N2OS. The van der Waals surface area contributed by atoms with Gasteiger partial charge in [0.1, 0.15) is 11.1 Å². The molecule has 0 fully saturated rings. The molecule has 0 bridgehead atoms. The first-order valence-electron chi connectivity index (χ1n) is 8.25. The maximum Gasteiger partial charge on any atom is 0.122 e. The second-order valence-corrected chi connectivity index (χ2v) is 8.02. The average Bonchev–Trinajstić information content (AvgIpc) is 2.83. The van der Waals surface area contributed by atoms with E-state index in [0.717, 1.165) is 13.1 Å². The monoisotopic (exact) mass is 310 g/mol. The third kappa shape index (κ3) is 4.27. The lowest BCUT2D eigenvalue weighted by Crippen LogP contribution is -2.27. The van der Waals surface area contributed by atoms with Crippen LogP contribution in [0.1, 0.15) is 68.1 Å². The van der Waals surface area contributed by atoms with Gasteiger partial charge in [-0.15, -0.1) is 11.3 Å². The third-order valence-electron chi connectivity index (χ3n) is 4.13. The number of hydrogen-bond donors (Lipinski definition) is 1. The first kappa shape index (κ1) is 16.9. The summed E-state index contributed by atoms with van der Waals surface area (Å²) in [5, 5.41) is 4.78. The second kappa shape index (κ2) is 7.70. The van der Waals surface area contributed by atoms with E-state index in [1.54, 1.807) is 7.11 Å². The Bertz CT molecular complexity index is 442. The molecule has 120 valence electrons. The Hall–Kier alpha value is -0.450. The Kier molecular flexibility index (Phi) is 6.20. The number of fused-ring (bicyclic) bond motifs is 1. The van der Waals surface area contributed by atoms with Gasteiger partial charge in [-0.2, -0.15) is 0 Å². The number of ether oxygens (including phenoxy) is 1. The topological polar surface area (TPSA) is 34.1 Å². The minimum absolute atomic E-state index is 0.143. The van der Waals surface area contributed by atoms with Crippen molar-refractivity contribution in [3.05, 3.63) is 15.6 Å². The molecule has 0 saturated heterocycles. The summed E-state index contributed by atoms with van der Waals surface area (Å²) in [5.41, 5.74) is 1.35. The number of nitrogens with zero attached hydrogens (tertiary/aromatic N) is 1. The van der Waals surface area contributed by atoms with E-state index in [1.165, 1.54) is 34.8 Å². The van der Waals surface area contributed by atoms with Gasteiger partial charge in [-0.25, -0.2) is 4.98 Å². The molecule has 1 aromatic heterocycles. The van der Waals surface area contributed by atoms with Crippen molar-refractivity contribution in [1.29, 1.82) is 0 Å². The highest BCUT2D eigenvalue weighted by Gasteiger charge is 2.28. The maximum absolute atomic E-state index is 5.66. The molecule has 0 radical (unpaired) electrons. The van der Waals surface area contributed by atoms with E-state index in [2.05, 4.69) is 33.0 Å². The number of methoxy groups -OCH3 is 1. The summed E-state index contributed by atoms with van der Waals surface area (Å²) < 4.78 is 5.66. The molecular weight excluding hydrogens is 280 g/mol. The molecule has 0 spiro atoms. The van der Waals surface area contributed by atoms with Crippen molar-refractivity contribution in [2.45, 2.75) is 59.0 Å². The van der Waals surface area contributed by atoms with E-state index in [1.807, 2.05) is 11.3 Å². The molecule has 0 saturated carbocycles. The molecule has 1 aliphatic carbocycles. The second-order valence-electron chi connectivity index (χ2n) is 6.90.